The maximum absolute atomic E-state index is 4.12. The van der Waals surface area contributed by atoms with E-state index >= 15 is 0 Å². The summed E-state index contributed by atoms with van der Waals surface area (Å²) in [5.41, 5.74) is 1.28. The molecule has 0 spiro atoms. The van der Waals surface area contributed by atoms with E-state index in [-0.39, 0.29) is 0 Å². The molecule has 1 N–H and O–H groups in total. The molecule has 0 bridgehead atoms. The molecule has 0 aliphatic rings. The highest BCUT2D eigenvalue weighted by Crippen LogP contribution is 2.31. The first-order chi connectivity index (χ1) is 9.20. The zero-order chi connectivity index (χ0) is 13.7. The summed E-state index contributed by atoms with van der Waals surface area (Å²) in [6.07, 6.45) is 2.86. The maximum Gasteiger partial charge on any atom is 0.195 e. The molecule has 2 rings (SSSR count). The van der Waals surface area contributed by atoms with Gasteiger partial charge in [0.15, 0.2) is 5.16 Å². The van der Waals surface area contributed by atoms with Crippen molar-refractivity contribution in [2.75, 3.05) is 6.54 Å². The number of benzene rings is 1. The van der Waals surface area contributed by atoms with Gasteiger partial charge >= 0.3 is 0 Å². The SMILES string of the molecule is CCCNCc1ccc(Br)cc1Sc1nncn1C. The van der Waals surface area contributed by atoms with Gasteiger partial charge in [0.25, 0.3) is 0 Å². The van der Waals surface area contributed by atoms with Crippen LogP contribution in [0, 0.1) is 0 Å². The van der Waals surface area contributed by atoms with E-state index in [1.54, 1.807) is 18.1 Å². The van der Waals surface area contributed by atoms with Gasteiger partial charge in [0.1, 0.15) is 6.33 Å². The first-order valence-electron chi connectivity index (χ1n) is 6.21. The highest BCUT2D eigenvalue weighted by molar-refractivity contribution is 9.10. The number of hydrogen-bond acceptors (Lipinski definition) is 4. The number of aryl methyl sites for hydroxylation is 1. The van der Waals surface area contributed by atoms with Crippen LogP contribution in [-0.2, 0) is 13.6 Å². The van der Waals surface area contributed by atoms with Gasteiger partial charge in [0.2, 0.25) is 0 Å². The van der Waals surface area contributed by atoms with Crippen molar-refractivity contribution < 1.29 is 0 Å². The van der Waals surface area contributed by atoms with E-state index in [1.807, 2.05) is 11.6 Å². The van der Waals surface area contributed by atoms with Gasteiger partial charge < -0.3 is 9.88 Å². The van der Waals surface area contributed by atoms with Gasteiger partial charge in [-0.1, -0.05) is 28.9 Å². The molecule has 19 heavy (non-hydrogen) atoms. The molecule has 1 heterocycles. The molecule has 0 saturated carbocycles. The van der Waals surface area contributed by atoms with Crippen molar-refractivity contribution in [3.63, 3.8) is 0 Å². The lowest BCUT2D eigenvalue weighted by atomic mass is 10.2. The molecule has 0 saturated heterocycles. The average Bonchev–Trinajstić information content (AvgIpc) is 2.78. The lowest BCUT2D eigenvalue weighted by Crippen LogP contribution is -2.14. The molecule has 0 radical (unpaired) electrons. The minimum absolute atomic E-state index is 0.876. The van der Waals surface area contributed by atoms with Gasteiger partial charge in [0, 0.05) is 23.0 Å². The van der Waals surface area contributed by atoms with Crippen molar-refractivity contribution in [3.8, 4) is 0 Å². The Morgan fingerprint density at radius 2 is 2.26 bits per heavy atom. The second-order valence-corrected chi connectivity index (χ2v) is 6.18. The summed E-state index contributed by atoms with van der Waals surface area (Å²) in [5.74, 6) is 0. The summed E-state index contributed by atoms with van der Waals surface area (Å²) in [6.45, 7) is 4.08. The van der Waals surface area contributed by atoms with E-state index in [4.69, 9.17) is 0 Å². The molecule has 1 aromatic heterocycles. The third kappa shape index (κ3) is 4.06. The fourth-order valence-electron chi connectivity index (χ4n) is 1.63. The van der Waals surface area contributed by atoms with Gasteiger partial charge in [-0.15, -0.1) is 10.2 Å². The highest BCUT2D eigenvalue weighted by Gasteiger charge is 2.09. The molecule has 6 heteroatoms. The number of hydrogen-bond donors (Lipinski definition) is 1. The summed E-state index contributed by atoms with van der Waals surface area (Å²) in [4.78, 5) is 1.20. The van der Waals surface area contributed by atoms with E-state index in [0.29, 0.717) is 0 Å². The Kier molecular flexibility index (Phi) is 5.42. The van der Waals surface area contributed by atoms with Crippen molar-refractivity contribution in [3.05, 3.63) is 34.6 Å². The minimum Gasteiger partial charge on any atom is -0.313 e. The van der Waals surface area contributed by atoms with Gasteiger partial charge in [-0.2, -0.15) is 0 Å². The summed E-state index contributed by atoms with van der Waals surface area (Å²) in [5, 5.41) is 12.4. The van der Waals surface area contributed by atoms with Crippen LogP contribution in [0.4, 0.5) is 0 Å². The maximum atomic E-state index is 4.12. The predicted octanol–water partition coefficient (Wildman–Crippen LogP) is 3.23. The molecule has 1 aromatic carbocycles. The first kappa shape index (κ1) is 14.6. The molecule has 0 amide bonds. The molecule has 0 aliphatic heterocycles. The zero-order valence-electron chi connectivity index (χ0n) is 11.1. The fraction of sp³-hybridized carbons (Fsp3) is 0.385. The van der Waals surface area contributed by atoms with Gasteiger partial charge in [-0.3, -0.25) is 0 Å². The lowest BCUT2D eigenvalue weighted by Gasteiger charge is -2.10. The smallest absolute Gasteiger partial charge is 0.195 e. The largest absolute Gasteiger partial charge is 0.313 e. The summed E-state index contributed by atoms with van der Waals surface area (Å²) in [7, 11) is 1.95. The Bertz CT molecular complexity index is 541. The van der Waals surface area contributed by atoms with Crippen LogP contribution in [0.3, 0.4) is 0 Å². The van der Waals surface area contributed by atoms with E-state index < -0.39 is 0 Å². The topological polar surface area (TPSA) is 42.7 Å². The second kappa shape index (κ2) is 7.07. The molecule has 0 fully saturated rings. The number of nitrogens with one attached hydrogen (secondary N) is 1. The van der Waals surface area contributed by atoms with Crippen molar-refractivity contribution in [1.82, 2.24) is 20.1 Å². The Morgan fingerprint density at radius 1 is 1.42 bits per heavy atom. The summed E-state index contributed by atoms with van der Waals surface area (Å²) in [6, 6.07) is 6.34. The quantitative estimate of drug-likeness (QED) is 0.820. The molecule has 4 nitrogen and oxygen atoms in total. The highest BCUT2D eigenvalue weighted by atomic mass is 79.9. The van der Waals surface area contributed by atoms with E-state index in [2.05, 4.69) is 56.6 Å². The Hall–Kier alpha value is -0.850. The molecule has 102 valence electrons. The predicted molar refractivity (Wildman–Crippen MR) is 81.3 cm³/mol. The van der Waals surface area contributed by atoms with Crippen molar-refractivity contribution in [2.45, 2.75) is 29.9 Å². The molecule has 2 aromatic rings. The molecule has 0 aliphatic carbocycles. The standard InChI is InChI=1S/C13H17BrN4S/c1-3-6-15-8-10-4-5-11(14)7-12(10)19-13-17-16-9-18(13)2/h4-5,7,9,15H,3,6,8H2,1-2H3. The van der Waals surface area contributed by atoms with E-state index in [0.717, 1.165) is 29.1 Å². The molecule has 0 unspecified atom stereocenters. The van der Waals surface area contributed by atoms with Crippen molar-refractivity contribution >= 4 is 27.7 Å². The van der Waals surface area contributed by atoms with E-state index in [9.17, 15) is 0 Å². The normalized spacial score (nSPS) is 10.9. The van der Waals surface area contributed by atoms with Crippen LogP contribution in [0.1, 0.15) is 18.9 Å². The van der Waals surface area contributed by atoms with E-state index in [1.165, 1.54) is 10.5 Å². The van der Waals surface area contributed by atoms with Crippen LogP contribution in [0.25, 0.3) is 0 Å². The number of nitrogens with zero attached hydrogens (tertiary/aromatic N) is 3. The average molecular weight is 341 g/mol. The Morgan fingerprint density at radius 3 is 2.95 bits per heavy atom. The van der Waals surface area contributed by atoms with Gasteiger partial charge in [0.05, 0.1) is 0 Å². The van der Waals surface area contributed by atoms with Gasteiger partial charge in [-0.25, -0.2) is 0 Å². The lowest BCUT2D eigenvalue weighted by molar-refractivity contribution is 0.669. The second-order valence-electron chi connectivity index (χ2n) is 4.26. The fourth-order valence-corrected chi connectivity index (χ4v) is 3.08. The van der Waals surface area contributed by atoms with Crippen LogP contribution < -0.4 is 5.32 Å². The van der Waals surface area contributed by atoms with Crippen LogP contribution >= 0.6 is 27.7 Å². The summed E-state index contributed by atoms with van der Waals surface area (Å²) >= 11 is 5.16. The van der Waals surface area contributed by atoms with Crippen LogP contribution in [-0.4, -0.2) is 21.3 Å². The third-order valence-electron chi connectivity index (χ3n) is 2.64. The third-order valence-corrected chi connectivity index (χ3v) is 4.29. The first-order valence-corrected chi connectivity index (χ1v) is 7.82. The van der Waals surface area contributed by atoms with Crippen LogP contribution in [0.2, 0.25) is 0 Å². The monoisotopic (exact) mass is 340 g/mol. The molecular weight excluding hydrogens is 324 g/mol. The van der Waals surface area contributed by atoms with Crippen LogP contribution in [0.15, 0.2) is 39.1 Å². The number of halogens is 1. The Labute approximate surface area is 126 Å². The van der Waals surface area contributed by atoms with Gasteiger partial charge in [-0.05, 0) is 42.4 Å². The Balaban J connectivity index is 2.17. The number of rotatable bonds is 6. The van der Waals surface area contributed by atoms with Crippen molar-refractivity contribution in [1.29, 1.82) is 0 Å². The van der Waals surface area contributed by atoms with Crippen LogP contribution in [0.5, 0.6) is 0 Å². The zero-order valence-corrected chi connectivity index (χ0v) is 13.5. The minimum atomic E-state index is 0.876. The summed E-state index contributed by atoms with van der Waals surface area (Å²) < 4.78 is 3.01. The number of aromatic nitrogens is 3. The molecular formula is C13H17BrN4S. The van der Waals surface area contributed by atoms with Crippen molar-refractivity contribution in [2.24, 2.45) is 7.05 Å². The molecule has 0 atom stereocenters.